The van der Waals surface area contributed by atoms with Crippen molar-refractivity contribution in [2.24, 2.45) is 23.2 Å². The van der Waals surface area contributed by atoms with Gasteiger partial charge in [-0.1, -0.05) is 18.6 Å². The summed E-state index contributed by atoms with van der Waals surface area (Å²) in [5.41, 5.74) is 0.970. The Bertz CT molecular complexity index is 646. The molecule has 0 unspecified atom stereocenters. The molecular weight excluding hydrogens is 334 g/mol. The van der Waals surface area contributed by atoms with E-state index in [1.807, 2.05) is 4.90 Å². The Morgan fingerprint density at radius 2 is 2.19 bits per heavy atom. The lowest BCUT2D eigenvalue weighted by Crippen LogP contribution is -2.53. The van der Waals surface area contributed by atoms with Gasteiger partial charge in [0, 0.05) is 23.8 Å². The van der Waals surface area contributed by atoms with Gasteiger partial charge in [0.05, 0.1) is 12.0 Å². The van der Waals surface area contributed by atoms with E-state index >= 15 is 0 Å². The molecular formula is C20H29NO5. The monoisotopic (exact) mass is 363 g/mol. The number of aliphatic carboxylic acids is 1. The first-order valence-electron chi connectivity index (χ1n) is 9.85. The molecule has 0 bridgehead atoms. The average molecular weight is 363 g/mol. The second-order valence-corrected chi connectivity index (χ2v) is 8.88. The number of aliphatic hydroxyl groups is 1. The van der Waals surface area contributed by atoms with Gasteiger partial charge in [-0.2, -0.15) is 0 Å². The number of rotatable bonds is 3. The zero-order chi connectivity index (χ0) is 18.6. The molecule has 0 aromatic heterocycles. The number of carboxylic acid groups (broad SMARTS) is 1. The molecule has 2 N–H and O–H groups in total. The molecule has 3 fully saturated rings. The Hall–Kier alpha value is -1.40. The third-order valence-corrected chi connectivity index (χ3v) is 7.54. The number of aliphatic hydroxyl groups excluding tert-OH is 1. The predicted octanol–water partition coefficient (Wildman–Crippen LogP) is 1.82. The van der Waals surface area contributed by atoms with E-state index in [0.29, 0.717) is 19.4 Å². The van der Waals surface area contributed by atoms with Crippen molar-refractivity contribution >= 4 is 11.9 Å². The molecule has 2 aliphatic carbocycles. The zero-order valence-electron chi connectivity index (χ0n) is 15.6. The number of fused-ring (bicyclic) bond motifs is 3. The van der Waals surface area contributed by atoms with Gasteiger partial charge in [0.15, 0.2) is 0 Å². The number of hydrogen-bond donors (Lipinski definition) is 2. The minimum absolute atomic E-state index is 0.0628. The van der Waals surface area contributed by atoms with Crippen molar-refractivity contribution in [1.82, 2.24) is 4.90 Å². The summed E-state index contributed by atoms with van der Waals surface area (Å²) in [6, 6.07) is -0.478. The SMILES string of the molecule is CC1=CC[C@@H](O)[C@]2(C)CC[C@@H]3[C@H](OC(=O)[C@H]3CN3CCC[C@H]3C(=O)O)[C@@H]12. The number of likely N-dealkylation sites (tertiary alicyclic amines) is 1. The lowest BCUT2D eigenvalue weighted by molar-refractivity contribution is -0.152. The van der Waals surface area contributed by atoms with Crippen LogP contribution in [0.15, 0.2) is 11.6 Å². The fraction of sp³-hybridized carbons (Fsp3) is 0.800. The third-order valence-electron chi connectivity index (χ3n) is 7.54. The standard InChI is InChI=1S/C20H29NO5/c1-11-5-6-15(22)20(2)8-7-12-13(19(25)26-17(12)16(11)20)10-21-9-3-4-14(21)18(23)24/h5,12-17,22H,3-4,6-10H2,1-2H3,(H,23,24)/t12-,13-,14-,15+,16+,17-,20-/m0/s1. The first-order valence-corrected chi connectivity index (χ1v) is 9.85. The van der Waals surface area contributed by atoms with Gasteiger partial charge in [0.1, 0.15) is 12.1 Å². The molecule has 6 heteroatoms. The molecule has 0 amide bonds. The minimum atomic E-state index is -0.796. The maximum absolute atomic E-state index is 12.7. The second kappa shape index (κ2) is 6.34. The highest BCUT2D eigenvalue weighted by Gasteiger charge is 2.59. The van der Waals surface area contributed by atoms with Crippen LogP contribution in [0.1, 0.15) is 46.0 Å². The highest BCUT2D eigenvalue weighted by molar-refractivity contribution is 5.77. The van der Waals surface area contributed by atoms with Crippen LogP contribution in [-0.2, 0) is 14.3 Å². The van der Waals surface area contributed by atoms with Gasteiger partial charge in [-0.25, -0.2) is 0 Å². The smallest absolute Gasteiger partial charge is 0.320 e. The molecule has 0 spiro atoms. The van der Waals surface area contributed by atoms with E-state index in [2.05, 4.69) is 19.9 Å². The minimum Gasteiger partial charge on any atom is -0.480 e. The Morgan fingerprint density at radius 3 is 2.92 bits per heavy atom. The molecule has 2 aliphatic heterocycles. The Kier molecular flexibility index (Phi) is 4.39. The van der Waals surface area contributed by atoms with Crippen LogP contribution in [0, 0.1) is 23.2 Å². The fourth-order valence-electron chi connectivity index (χ4n) is 6.04. The van der Waals surface area contributed by atoms with Crippen molar-refractivity contribution in [2.45, 2.75) is 64.2 Å². The number of hydrogen-bond acceptors (Lipinski definition) is 5. The maximum Gasteiger partial charge on any atom is 0.320 e. The van der Waals surface area contributed by atoms with Crippen molar-refractivity contribution in [2.75, 3.05) is 13.1 Å². The predicted molar refractivity (Wildman–Crippen MR) is 94.3 cm³/mol. The molecule has 2 heterocycles. The molecule has 144 valence electrons. The van der Waals surface area contributed by atoms with E-state index in [0.717, 1.165) is 25.8 Å². The molecule has 2 saturated heterocycles. The largest absolute Gasteiger partial charge is 0.480 e. The van der Waals surface area contributed by atoms with Crippen molar-refractivity contribution in [3.63, 3.8) is 0 Å². The zero-order valence-corrected chi connectivity index (χ0v) is 15.6. The number of nitrogens with zero attached hydrogens (tertiary/aromatic N) is 1. The van der Waals surface area contributed by atoms with Crippen LogP contribution in [-0.4, -0.2) is 58.4 Å². The fourth-order valence-corrected chi connectivity index (χ4v) is 6.04. The second-order valence-electron chi connectivity index (χ2n) is 8.88. The van der Waals surface area contributed by atoms with Crippen LogP contribution in [0.5, 0.6) is 0 Å². The first-order chi connectivity index (χ1) is 12.3. The van der Waals surface area contributed by atoms with Gasteiger partial charge in [-0.3, -0.25) is 14.5 Å². The Morgan fingerprint density at radius 1 is 1.42 bits per heavy atom. The molecule has 4 rings (SSSR count). The highest BCUT2D eigenvalue weighted by Crippen LogP contribution is 2.56. The molecule has 26 heavy (non-hydrogen) atoms. The summed E-state index contributed by atoms with van der Waals surface area (Å²) in [6.07, 6.45) is 5.41. The summed E-state index contributed by atoms with van der Waals surface area (Å²) in [5, 5.41) is 20.0. The number of carboxylic acids is 1. The molecule has 0 aromatic rings. The molecule has 4 aliphatic rings. The van der Waals surface area contributed by atoms with Crippen LogP contribution in [0.3, 0.4) is 0 Å². The number of esters is 1. The van der Waals surface area contributed by atoms with Crippen molar-refractivity contribution in [3.05, 3.63) is 11.6 Å². The molecule has 1 saturated carbocycles. The van der Waals surface area contributed by atoms with E-state index in [1.165, 1.54) is 5.57 Å². The van der Waals surface area contributed by atoms with Crippen molar-refractivity contribution in [1.29, 1.82) is 0 Å². The van der Waals surface area contributed by atoms with E-state index in [-0.39, 0.29) is 35.2 Å². The van der Waals surface area contributed by atoms with Crippen LogP contribution in [0.25, 0.3) is 0 Å². The Labute approximate surface area is 154 Å². The van der Waals surface area contributed by atoms with Crippen LogP contribution < -0.4 is 0 Å². The normalized spacial score (nSPS) is 45.7. The number of ether oxygens (including phenoxy) is 1. The lowest BCUT2D eigenvalue weighted by atomic mass is 9.55. The number of carbonyl (C=O) groups excluding carboxylic acids is 1. The van der Waals surface area contributed by atoms with Gasteiger partial charge in [0.2, 0.25) is 0 Å². The quantitative estimate of drug-likeness (QED) is 0.587. The molecule has 0 radical (unpaired) electrons. The van der Waals surface area contributed by atoms with Crippen LogP contribution in [0.2, 0.25) is 0 Å². The van der Waals surface area contributed by atoms with Crippen LogP contribution in [0.4, 0.5) is 0 Å². The first kappa shape index (κ1) is 18.0. The average Bonchev–Trinajstić information content (AvgIpc) is 3.16. The molecule has 0 aromatic carbocycles. The van der Waals surface area contributed by atoms with E-state index in [4.69, 9.17) is 4.74 Å². The molecule has 7 atom stereocenters. The Balaban J connectivity index is 1.56. The summed E-state index contributed by atoms with van der Waals surface area (Å²) < 4.78 is 5.87. The maximum atomic E-state index is 12.7. The summed E-state index contributed by atoms with van der Waals surface area (Å²) in [5.74, 6) is -1.06. The van der Waals surface area contributed by atoms with Gasteiger partial charge in [-0.15, -0.1) is 0 Å². The van der Waals surface area contributed by atoms with E-state index in [1.54, 1.807) is 0 Å². The summed E-state index contributed by atoms with van der Waals surface area (Å²) in [6.45, 7) is 5.42. The van der Waals surface area contributed by atoms with Crippen molar-refractivity contribution in [3.8, 4) is 0 Å². The van der Waals surface area contributed by atoms with E-state index in [9.17, 15) is 19.8 Å². The van der Waals surface area contributed by atoms with Gasteiger partial charge in [0.25, 0.3) is 0 Å². The van der Waals surface area contributed by atoms with Gasteiger partial charge in [-0.05, 0) is 45.6 Å². The van der Waals surface area contributed by atoms with Crippen LogP contribution >= 0.6 is 0 Å². The summed E-state index contributed by atoms with van der Waals surface area (Å²) >= 11 is 0. The summed E-state index contributed by atoms with van der Waals surface area (Å²) in [4.78, 5) is 26.1. The van der Waals surface area contributed by atoms with Crippen molar-refractivity contribution < 1.29 is 24.5 Å². The van der Waals surface area contributed by atoms with E-state index < -0.39 is 18.1 Å². The molecule has 6 nitrogen and oxygen atoms in total. The van der Waals surface area contributed by atoms with Gasteiger partial charge >= 0.3 is 11.9 Å². The summed E-state index contributed by atoms with van der Waals surface area (Å²) in [7, 11) is 0. The van der Waals surface area contributed by atoms with Gasteiger partial charge < -0.3 is 14.9 Å². The lowest BCUT2D eigenvalue weighted by Gasteiger charge is -2.51. The highest BCUT2D eigenvalue weighted by atomic mass is 16.6. The number of carbonyl (C=O) groups is 2. The topological polar surface area (TPSA) is 87.1 Å². The third kappa shape index (κ3) is 2.61.